The van der Waals surface area contributed by atoms with Crippen molar-refractivity contribution in [3.63, 3.8) is 0 Å². The highest BCUT2D eigenvalue weighted by molar-refractivity contribution is 6.10. The standard InChI is InChI=1S/C21H26O5/c1-4-6-7-9-17(22)18-16-11-13-10-14(8-5-2)25-12-15(13)19(23)21(16,3)26-20(18)24/h5,8,10,16,18H,4,6-7,9,11-12H2,1-3H3/b8-5+/t16-,18+,21+/m0/s1. The van der Waals surface area contributed by atoms with Crippen molar-refractivity contribution in [3.05, 3.63) is 35.1 Å². The van der Waals surface area contributed by atoms with Crippen molar-refractivity contribution < 1.29 is 23.9 Å². The molecule has 0 bridgehead atoms. The van der Waals surface area contributed by atoms with E-state index >= 15 is 0 Å². The lowest BCUT2D eigenvalue weighted by Gasteiger charge is -2.37. The van der Waals surface area contributed by atoms with Gasteiger partial charge in [0.05, 0.1) is 0 Å². The average molecular weight is 358 g/mol. The number of Topliss-reactive ketones (excluding diaryl/α,β-unsaturated/α-hetero) is 2. The van der Waals surface area contributed by atoms with Crippen LogP contribution in [0.2, 0.25) is 0 Å². The maximum atomic E-state index is 13.0. The number of allylic oxidation sites excluding steroid dienone is 4. The molecule has 26 heavy (non-hydrogen) atoms. The smallest absolute Gasteiger partial charge is 0.317 e. The normalized spacial score (nSPS) is 30.7. The van der Waals surface area contributed by atoms with Crippen LogP contribution in [0.1, 0.15) is 52.9 Å². The zero-order chi connectivity index (χ0) is 18.9. The van der Waals surface area contributed by atoms with Gasteiger partial charge in [0.25, 0.3) is 0 Å². The zero-order valence-electron chi connectivity index (χ0n) is 15.7. The Morgan fingerprint density at radius 2 is 2.12 bits per heavy atom. The molecule has 0 N–H and O–H groups in total. The molecule has 2 heterocycles. The summed E-state index contributed by atoms with van der Waals surface area (Å²) in [7, 11) is 0. The summed E-state index contributed by atoms with van der Waals surface area (Å²) >= 11 is 0. The Balaban J connectivity index is 1.89. The fourth-order valence-corrected chi connectivity index (χ4v) is 4.16. The molecule has 0 amide bonds. The maximum Gasteiger partial charge on any atom is 0.317 e. The number of ketones is 2. The minimum absolute atomic E-state index is 0.0984. The Kier molecular flexibility index (Phi) is 5.17. The number of rotatable bonds is 6. The summed E-state index contributed by atoms with van der Waals surface area (Å²) in [5.41, 5.74) is 0.168. The predicted octanol–water partition coefficient (Wildman–Crippen LogP) is 3.44. The van der Waals surface area contributed by atoms with Crippen molar-refractivity contribution in [2.45, 2.75) is 58.5 Å². The number of unbranched alkanes of at least 4 members (excludes halogenated alkanes) is 2. The molecule has 3 atom stereocenters. The van der Waals surface area contributed by atoms with Crippen LogP contribution in [0.25, 0.3) is 0 Å². The summed E-state index contributed by atoms with van der Waals surface area (Å²) in [4.78, 5) is 38.2. The minimum Gasteiger partial charge on any atom is -0.489 e. The molecule has 0 aromatic carbocycles. The van der Waals surface area contributed by atoms with E-state index in [1.54, 1.807) is 6.92 Å². The summed E-state index contributed by atoms with van der Waals surface area (Å²) in [5, 5.41) is 0. The van der Waals surface area contributed by atoms with Gasteiger partial charge in [-0.3, -0.25) is 14.4 Å². The highest BCUT2D eigenvalue weighted by Crippen LogP contribution is 2.48. The predicted molar refractivity (Wildman–Crippen MR) is 96.1 cm³/mol. The summed E-state index contributed by atoms with van der Waals surface area (Å²) in [6, 6.07) is 0. The van der Waals surface area contributed by atoms with Crippen molar-refractivity contribution in [1.29, 1.82) is 0 Å². The maximum absolute atomic E-state index is 13.0. The molecule has 0 spiro atoms. The van der Waals surface area contributed by atoms with Crippen molar-refractivity contribution in [3.8, 4) is 0 Å². The number of carbonyl (C=O) groups is 3. The quantitative estimate of drug-likeness (QED) is 0.413. The SMILES string of the molecule is C/C=C/C1=CC2=C(CO1)C(=O)[C@]1(C)OC(=O)[C@@H](C(=O)CCCCC)[C@@H]1C2. The first-order valence-corrected chi connectivity index (χ1v) is 9.42. The molecule has 3 rings (SSSR count). The van der Waals surface area contributed by atoms with Crippen molar-refractivity contribution >= 4 is 17.5 Å². The van der Waals surface area contributed by atoms with Gasteiger partial charge in [0, 0.05) is 17.9 Å². The van der Waals surface area contributed by atoms with E-state index in [9.17, 15) is 14.4 Å². The molecule has 0 saturated carbocycles. The lowest BCUT2D eigenvalue weighted by atomic mass is 9.67. The molecule has 0 radical (unpaired) electrons. The first-order valence-electron chi connectivity index (χ1n) is 9.42. The lowest BCUT2D eigenvalue weighted by Crippen LogP contribution is -2.48. The second-order valence-corrected chi connectivity index (χ2v) is 7.41. The van der Waals surface area contributed by atoms with E-state index in [2.05, 4.69) is 6.92 Å². The number of hydrogen-bond acceptors (Lipinski definition) is 5. The fraction of sp³-hybridized carbons (Fsp3) is 0.571. The lowest BCUT2D eigenvalue weighted by molar-refractivity contribution is -0.157. The van der Waals surface area contributed by atoms with E-state index in [4.69, 9.17) is 9.47 Å². The Morgan fingerprint density at radius 1 is 1.35 bits per heavy atom. The Hall–Kier alpha value is -2.17. The van der Waals surface area contributed by atoms with Crippen LogP contribution in [0.5, 0.6) is 0 Å². The molecule has 0 unspecified atom stereocenters. The number of ether oxygens (including phenoxy) is 2. The minimum atomic E-state index is -1.25. The molecule has 2 aliphatic heterocycles. The van der Waals surface area contributed by atoms with E-state index < -0.39 is 23.4 Å². The number of hydrogen-bond donors (Lipinski definition) is 0. The van der Waals surface area contributed by atoms with Gasteiger partial charge in [0.2, 0.25) is 5.78 Å². The number of fused-ring (bicyclic) bond motifs is 1. The van der Waals surface area contributed by atoms with Crippen LogP contribution in [-0.4, -0.2) is 29.7 Å². The molecule has 3 aliphatic rings. The van der Waals surface area contributed by atoms with Crippen molar-refractivity contribution in [2.24, 2.45) is 11.8 Å². The van der Waals surface area contributed by atoms with Crippen LogP contribution < -0.4 is 0 Å². The summed E-state index contributed by atoms with van der Waals surface area (Å²) in [6.07, 6.45) is 9.13. The highest BCUT2D eigenvalue weighted by atomic mass is 16.6. The van der Waals surface area contributed by atoms with Gasteiger partial charge in [-0.05, 0) is 44.4 Å². The second-order valence-electron chi connectivity index (χ2n) is 7.41. The monoisotopic (exact) mass is 358 g/mol. The summed E-state index contributed by atoms with van der Waals surface area (Å²) in [5.74, 6) is -1.45. The third-order valence-electron chi connectivity index (χ3n) is 5.63. The highest BCUT2D eigenvalue weighted by Gasteiger charge is 2.61. The van der Waals surface area contributed by atoms with Gasteiger partial charge < -0.3 is 9.47 Å². The first-order chi connectivity index (χ1) is 12.4. The van der Waals surface area contributed by atoms with Crippen LogP contribution >= 0.6 is 0 Å². The Morgan fingerprint density at radius 3 is 2.81 bits per heavy atom. The molecule has 140 valence electrons. The van der Waals surface area contributed by atoms with Crippen LogP contribution in [0.3, 0.4) is 0 Å². The first kappa shape index (κ1) is 18.6. The molecule has 5 heteroatoms. The van der Waals surface area contributed by atoms with E-state index in [1.165, 1.54) is 0 Å². The summed E-state index contributed by atoms with van der Waals surface area (Å²) < 4.78 is 11.1. The van der Waals surface area contributed by atoms with E-state index in [0.29, 0.717) is 24.2 Å². The third kappa shape index (κ3) is 3.04. The van der Waals surface area contributed by atoms with Gasteiger partial charge >= 0.3 is 5.97 Å². The topological polar surface area (TPSA) is 69.7 Å². The Labute approximate surface area is 154 Å². The molecular weight excluding hydrogens is 332 g/mol. The molecule has 1 fully saturated rings. The van der Waals surface area contributed by atoms with Crippen LogP contribution in [0.15, 0.2) is 35.1 Å². The van der Waals surface area contributed by atoms with Crippen LogP contribution in [0.4, 0.5) is 0 Å². The van der Waals surface area contributed by atoms with Gasteiger partial charge in [-0.15, -0.1) is 0 Å². The van der Waals surface area contributed by atoms with Gasteiger partial charge in [-0.1, -0.05) is 25.8 Å². The number of esters is 1. The van der Waals surface area contributed by atoms with Crippen LogP contribution in [0, 0.1) is 11.8 Å². The van der Waals surface area contributed by atoms with Crippen molar-refractivity contribution in [2.75, 3.05) is 6.61 Å². The van der Waals surface area contributed by atoms with E-state index in [0.717, 1.165) is 24.8 Å². The van der Waals surface area contributed by atoms with Gasteiger partial charge in [-0.25, -0.2) is 0 Å². The molecular formula is C21H26O5. The molecule has 0 aromatic heterocycles. The van der Waals surface area contributed by atoms with Gasteiger partial charge in [0.1, 0.15) is 24.1 Å². The average Bonchev–Trinajstić information content (AvgIpc) is 2.86. The number of carbonyl (C=O) groups excluding carboxylic acids is 3. The third-order valence-corrected chi connectivity index (χ3v) is 5.63. The van der Waals surface area contributed by atoms with Gasteiger partial charge in [0.15, 0.2) is 5.60 Å². The van der Waals surface area contributed by atoms with Crippen LogP contribution in [-0.2, 0) is 23.9 Å². The van der Waals surface area contributed by atoms with E-state index in [1.807, 2.05) is 25.2 Å². The molecule has 5 nitrogen and oxygen atoms in total. The largest absolute Gasteiger partial charge is 0.489 e. The molecule has 1 saturated heterocycles. The molecule has 0 aromatic rings. The Bertz CT molecular complexity index is 727. The zero-order valence-corrected chi connectivity index (χ0v) is 15.7. The van der Waals surface area contributed by atoms with Gasteiger partial charge in [-0.2, -0.15) is 0 Å². The van der Waals surface area contributed by atoms with E-state index in [-0.39, 0.29) is 18.2 Å². The fourth-order valence-electron chi connectivity index (χ4n) is 4.16. The molecule has 1 aliphatic carbocycles. The second kappa shape index (κ2) is 7.22. The summed E-state index contributed by atoms with van der Waals surface area (Å²) in [6.45, 7) is 5.79. The van der Waals surface area contributed by atoms with Crippen molar-refractivity contribution in [1.82, 2.24) is 0 Å².